The van der Waals surface area contributed by atoms with Crippen molar-refractivity contribution < 1.29 is 23.8 Å². The number of hydrogen-bond acceptors (Lipinski definition) is 5. The van der Waals surface area contributed by atoms with Gasteiger partial charge in [-0.15, -0.1) is 0 Å². The Morgan fingerprint density at radius 3 is 2.70 bits per heavy atom. The number of hydrogen-bond donors (Lipinski definition) is 2. The third-order valence-electron chi connectivity index (χ3n) is 5.25. The minimum absolute atomic E-state index is 0.0226. The van der Waals surface area contributed by atoms with E-state index >= 15 is 0 Å². The number of amides is 2. The number of anilines is 1. The number of carbonyl (C=O) groups excluding carboxylic acids is 2. The molecular weight excluding hydrogens is 384 g/mol. The molecular formula is C23H26N2O5. The maximum absolute atomic E-state index is 12.6. The van der Waals surface area contributed by atoms with Gasteiger partial charge in [0.1, 0.15) is 19.0 Å². The van der Waals surface area contributed by atoms with Crippen LogP contribution in [0.1, 0.15) is 37.4 Å². The molecule has 0 aromatic heterocycles. The maximum Gasteiger partial charge on any atom is 0.258 e. The van der Waals surface area contributed by atoms with Gasteiger partial charge in [-0.05, 0) is 53.8 Å². The van der Waals surface area contributed by atoms with Crippen LogP contribution in [0.3, 0.4) is 0 Å². The second kappa shape index (κ2) is 8.65. The van der Waals surface area contributed by atoms with Crippen molar-refractivity contribution in [3.63, 3.8) is 0 Å². The molecule has 1 atom stereocenters. The van der Waals surface area contributed by atoms with E-state index in [4.69, 9.17) is 14.2 Å². The zero-order valence-electron chi connectivity index (χ0n) is 17.2. The lowest BCUT2D eigenvalue weighted by Crippen LogP contribution is -2.35. The van der Waals surface area contributed by atoms with Crippen LogP contribution in [-0.2, 0) is 16.0 Å². The Labute approximate surface area is 175 Å². The standard InChI is InChI=1S/C23H26N2O5/c1-14(2)23(16-3-7-19-20(12-16)29-10-9-28-19)25-22(27)13-30-17-5-6-18-15(11-17)4-8-21(26)24-18/h3,5-7,11-12,14,23H,4,8-10,13H2,1-2H3,(H,24,26)(H,25,27). The fourth-order valence-corrected chi connectivity index (χ4v) is 3.70. The van der Waals surface area contributed by atoms with Gasteiger partial charge in [0.2, 0.25) is 5.91 Å². The number of nitrogens with one attached hydrogen (secondary N) is 2. The van der Waals surface area contributed by atoms with Crippen molar-refractivity contribution in [2.45, 2.75) is 32.7 Å². The predicted octanol–water partition coefficient (Wildman–Crippen LogP) is 3.23. The third kappa shape index (κ3) is 4.50. The Morgan fingerprint density at radius 2 is 1.90 bits per heavy atom. The Bertz CT molecular complexity index is 957. The van der Waals surface area contributed by atoms with Crippen molar-refractivity contribution >= 4 is 17.5 Å². The fourth-order valence-electron chi connectivity index (χ4n) is 3.70. The third-order valence-corrected chi connectivity index (χ3v) is 5.25. The van der Waals surface area contributed by atoms with Crippen LogP contribution in [0.4, 0.5) is 5.69 Å². The highest BCUT2D eigenvalue weighted by Crippen LogP contribution is 2.34. The van der Waals surface area contributed by atoms with E-state index in [2.05, 4.69) is 24.5 Å². The van der Waals surface area contributed by atoms with Gasteiger partial charge in [-0.1, -0.05) is 19.9 Å². The largest absolute Gasteiger partial charge is 0.486 e. The maximum atomic E-state index is 12.6. The van der Waals surface area contributed by atoms with Gasteiger partial charge in [-0.25, -0.2) is 0 Å². The van der Waals surface area contributed by atoms with Gasteiger partial charge in [0.05, 0.1) is 6.04 Å². The van der Waals surface area contributed by atoms with E-state index < -0.39 is 0 Å². The van der Waals surface area contributed by atoms with Crippen LogP contribution < -0.4 is 24.8 Å². The quantitative estimate of drug-likeness (QED) is 0.764. The van der Waals surface area contributed by atoms with Gasteiger partial charge in [-0.3, -0.25) is 9.59 Å². The van der Waals surface area contributed by atoms with Crippen LogP contribution in [0, 0.1) is 5.92 Å². The van der Waals surface area contributed by atoms with Gasteiger partial charge < -0.3 is 24.8 Å². The lowest BCUT2D eigenvalue weighted by Gasteiger charge is -2.25. The summed E-state index contributed by atoms with van der Waals surface area (Å²) in [7, 11) is 0. The summed E-state index contributed by atoms with van der Waals surface area (Å²) in [5.41, 5.74) is 2.79. The molecule has 2 aromatic rings. The molecule has 0 aliphatic carbocycles. The number of benzene rings is 2. The molecule has 2 aromatic carbocycles. The van der Waals surface area contributed by atoms with Crippen LogP contribution in [0.25, 0.3) is 0 Å². The summed E-state index contributed by atoms with van der Waals surface area (Å²) in [6.07, 6.45) is 1.13. The topological polar surface area (TPSA) is 85.9 Å². The predicted molar refractivity (Wildman–Crippen MR) is 112 cm³/mol. The number of carbonyl (C=O) groups is 2. The SMILES string of the molecule is CC(C)C(NC(=O)COc1ccc2c(c1)CCC(=O)N2)c1ccc2c(c1)OCCO2. The van der Waals surface area contributed by atoms with Crippen LogP contribution in [0.2, 0.25) is 0 Å². The summed E-state index contributed by atoms with van der Waals surface area (Å²) in [6.45, 7) is 5.09. The number of fused-ring (bicyclic) bond motifs is 2. The molecule has 2 aliphatic heterocycles. The molecule has 0 fully saturated rings. The van der Waals surface area contributed by atoms with Crippen molar-refractivity contribution in [1.82, 2.24) is 5.32 Å². The average molecular weight is 410 g/mol. The summed E-state index contributed by atoms with van der Waals surface area (Å²) >= 11 is 0. The van der Waals surface area contributed by atoms with Crippen molar-refractivity contribution in [1.29, 1.82) is 0 Å². The normalized spacial score (nSPS) is 15.8. The second-order valence-corrected chi connectivity index (χ2v) is 7.85. The lowest BCUT2D eigenvalue weighted by molar-refractivity contribution is -0.124. The van der Waals surface area contributed by atoms with Crippen LogP contribution >= 0.6 is 0 Å². The van der Waals surface area contributed by atoms with Gasteiger partial charge in [0, 0.05) is 12.1 Å². The molecule has 0 bridgehead atoms. The number of aryl methyl sites for hydroxylation is 1. The molecule has 158 valence electrons. The molecule has 0 radical (unpaired) electrons. The summed E-state index contributed by atoms with van der Waals surface area (Å²) in [5.74, 6) is 2.05. The van der Waals surface area contributed by atoms with E-state index in [1.54, 1.807) is 6.07 Å². The minimum atomic E-state index is -0.199. The van der Waals surface area contributed by atoms with Gasteiger partial charge in [-0.2, -0.15) is 0 Å². The highest BCUT2D eigenvalue weighted by molar-refractivity contribution is 5.94. The van der Waals surface area contributed by atoms with Gasteiger partial charge in [0.25, 0.3) is 5.91 Å². The van der Waals surface area contributed by atoms with E-state index in [-0.39, 0.29) is 30.4 Å². The first kappa shape index (κ1) is 20.1. The van der Waals surface area contributed by atoms with E-state index in [1.165, 1.54) is 0 Å². The van der Waals surface area contributed by atoms with Gasteiger partial charge in [0.15, 0.2) is 18.1 Å². The minimum Gasteiger partial charge on any atom is -0.486 e. The molecule has 30 heavy (non-hydrogen) atoms. The van der Waals surface area contributed by atoms with Gasteiger partial charge >= 0.3 is 0 Å². The Morgan fingerprint density at radius 1 is 1.10 bits per heavy atom. The van der Waals surface area contributed by atoms with Crippen LogP contribution in [-0.4, -0.2) is 31.6 Å². The van der Waals surface area contributed by atoms with E-state index in [1.807, 2.05) is 30.3 Å². The molecule has 7 nitrogen and oxygen atoms in total. The molecule has 0 spiro atoms. The average Bonchev–Trinajstić information content (AvgIpc) is 2.75. The molecule has 0 saturated heterocycles. The van der Waals surface area contributed by atoms with Crippen LogP contribution in [0.15, 0.2) is 36.4 Å². The molecule has 2 amide bonds. The molecule has 2 N–H and O–H groups in total. The first-order valence-corrected chi connectivity index (χ1v) is 10.2. The zero-order chi connectivity index (χ0) is 21.1. The summed E-state index contributed by atoms with van der Waals surface area (Å²) in [6, 6.07) is 11.0. The lowest BCUT2D eigenvalue weighted by atomic mass is 9.95. The monoisotopic (exact) mass is 410 g/mol. The zero-order valence-corrected chi connectivity index (χ0v) is 17.2. The van der Waals surface area contributed by atoms with E-state index in [0.29, 0.717) is 37.6 Å². The Hall–Kier alpha value is -3.22. The first-order valence-electron chi connectivity index (χ1n) is 10.2. The molecule has 0 saturated carbocycles. The number of ether oxygens (including phenoxy) is 3. The number of rotatable bonds is 6. The molecule has 4 rings (SSSR count). The smallest absolute Gasteiger partial charge is 0.258 e. The highest BCUT2D eigenvalue weighted by atomic mass is 16.6. The van der Waals surface area contributed by atoms with Crippen molar-refractivity contribution in [2.24, 2.45) is 5.92 Å². The second-order valence-electron chi connectivity index (χ2n) is 7.85. The molecule has 1 unspecified atom stereocenters. The van der Waals surface area contributed by atoms with Crippen molar-refractivity contribution in [3.05, 3.63) is 47.5 Å². The summed E-state index contributed by atoms with van der Waals surface area (Å²) in [5, 5.41) is 5.90. The Balaban J connectivity index is 1.39. The molecule has 2 aliphatic rings. The van der Waals surface area contributed by atoms with Crippen LogP contribution in [0.5, 0.6) is 17.2 Å². The van der Waals surface area contributed by atoms with E-state index in [0.717, 1.165) is 22.6 Å². The Kier molecular flexibility index (Phi) is 5.79. The summed E-state index contributed by atoms with van der Waals surface area (Å²) < 4.78 is 16.9. The van der Waals surface area contributed by atoms with E-state index in [9.17, 15) is 9.59 Å². The first-order chi connectivity index (χ1) is 14.5. The van der Waals surface area contributed by atoms with Crippen molar-refractivity contribution in [3.8, 4) is 17.2 Å². The highest BCUT2D eigenvalue weighted by Gasteiger charge is 2.22. The van der Waals surface area contributed by atoms with Crippen molar-refractivity contribution in [2.75, 3.05) is 25.1 Å². The fraction of sp³-hybridized carbons (Fsp3) is 0.391. The molecule has 7 heteroatoms. The molecule has 2 heterocycles. The summed E-state index contributed by atoms with van der Waals surface area (Å²) in [4.78, 5) is 24.0.